The second-order valence-corrected chi connectivity index (χ2v) is 3.66. The fourth-order valence-corrected chi connectivity index (χ4v) is 0.961. The van der Waals surface area contributed by atoms with Crippen molar-refractivity contribution >= 4 is 5.91 Å². The van der Waals surface area contributed by atoms with Crippen LogP contribution in [0.2, 0.25) is 0 Å². The normalized spacial score (nSPS) is 14.7. The Balaban J connectivity index is 2.71. The smallest absolute Gasteiger partial charge is 0.293 e. The van der Waals surface area contributed by atoms with Gasteiger partial charge in [0.25, 0.3) is 11.7 Å². The zero-order valence-electron chi connectivity index (χ0n) is 9.07. The summed E-state index contributed by atoms with van der Waals surface area (Å²) in [6.45, 7) is 5.09. The van der Waals surface area contributed by atoms with E-state index in [0.29, 0.717) is 12.3 Å². The molecule has 0 bridgehead atoms. The molecule has 1 rings (SSSR count). The molecule has 6 heteroatoms. The van der Waals surface area contributed by atoms with Gasteiger partial charge < -0.3 is 14.9 Å². The van der Waals surface area contributed by atoms with Crippen molar-refractivity contribution in [1.82, 2.24) is 15.5 Å². The maximum absolute atomic E-state index is 11.6. The highest BCUT2D eigenvalue weighted by molar-refractivity contribution is 5.90. The van der Waals surface area contributed by atoms with E-state index in [0.717, 1.165) is 0 Å². The lowest BCUT2D eigenvalue weighted by atomic mass is 10.0. The molecule has 1 amide bonds. The van der Waals surface area contributed by atoms with E-state index in [1.54, 1.807) is 13.8 Å². The van der Waals surface area contributed by atoms with Crippen molar-refractivity contribution in [2.75, 3.05) is 6.61 Å². The highest BCUT2D eigenvalue weighted by Gasteiger charge is 2.25. The molecule has 6 nitrogen and oxygen atoms in total. The number of hydrogen-bond donors (Lipinski definition) is 2. The number of nitrogens with one attached hydrogen (secondary N) is 1. The highest BCUT2D eigenvalue weighted by atomic mass is 16.5. The highest BCUT2D eigenvalue weighted by Crippen LogP contribution is 2.08. The van der Waals surface area contributed by atoms with Gasteiger partial charge in [0.2, 0.25) is 5.89 Å². The molecule has 2 N–H and O–H groups in total. The Morgan fingerprint density at radius 3 is 2.73 bits per heavy atom. The summed E-state index contributed by atoms with van der Waals surface area (Å²) >= 11 is 0. The van der Waals surface area contributed by atoms with Gasteiger partial charge >= 0.3 is 0 Å². The standard InChI is InChI=1S/C9H15N3O3/c1-4-9(3,5-13)11-8(14)7-10-6(2)15-12-7/h13H,4-5H2,1-3H3,(H,11,14). The lowest BCUT2D eigenvalue weighted by Gasteiger charge is -2.26. The van der Waals surface area contributed by atoms with E-state index in [-0.39, 0.29) is 12.4 Å². The first kappa shape index (κ1) is 11.6. The first-order valence-corrected chi connectivity index (χ1v) is 4.74. The fraction of sp³-hybridized carbons (Fsp3) is 0.667. The fourth-order valence-electron chi connectivity index (χ4n) is 0.961. The predicted molar refractivity (Wildman–Crippen MR) is 52.3 cm³/mol. The number of aliphatic hydroxyl groups is 1. The largest absolute Gasteiger partial charge is 0.394 e. The number of carbonyl (C=O) groups excluding carboxylic acids is 1. The minimum absolute atomic E-state index is 0.0133. The third kappa shape index (κ3) is 2.76. The zero-order valence-corrected chi connectivity index (χ0v) is 9.07. The average Bonchev–Trinajstić information content (AvgIpc) is 2.65. The number of amides is 1. The molecule has 0 aromatic carbocycles. The maximum Gasteiger partial charge on any atom is 0.293 e. The first-order valence-electron chi connectivity index (χ1n) is 4.74. The van der Waals surface area contributed by atoms with Crippen LogP contribution < -0.4 is 5.32 Å². The lowest BCUT2D eigenvalue weighted by molar-refractivity contribution is 0.0834. The van der Waals surface area contributed by atoms with Gasteiger partial charge in [-0.25, -0.2) is 0 Å². The number of aliphatic hydroxyl groups excluding tert-OH is 1. The van der Waals surface area contributed by atoms with Gasteiger partial charge in [-0.05, 0) is 13.3 Å². The Bertz CT molecular complexity index is 344. The Morgan fingerprint density at radius 2 is 2.33 bits per heavy atom. The molecule has 1 atom stereocenters. The summed E-state index contributed by atoms with van der Waals surface area (Å²) in [7, 11) is 0. The lowest BCUT2D eigenvalue weighted by Crippen LogP contribution is -2.48. The van der Waals surface area contributed by atoms with Gasteiger partial charge in [0.1, 0.15) is 0 Å². The summed E-state index contributed by atoms with van der Waals surface area (Å²) in [6.07, 6.45) is 0.617. The number of nitrogens with zero attached hydrogens (tertiary/aromatic N) is 2. The van der Waals surface area contributed by atoms with Crippen molar-refractivity contribution in [1.29, 1.82) is 0 Å². The van der Waals surface area contributed by atoms with Gasteiger partial charge in [0, 0.05) is 6.92 Å². The van der Waals surface area contributed by atoms with Gasteiger partial charge in [-0.15, -0.1) is 0 Å². The summed E-state index contributed by atoms with van der Waals surface area (Å²) in [5, 5.41) is 15.2. The van der Waals surface area contributed by atoms with Gasteiger partial charge in [0.15, 0.2) is 0 Å². The molecule has 1 unspecified atom stereocenters. The van der Waals surface area contributed by atoms with Crippen molar-refractivity contribution in [3.63, 3.8) is 0 Å². The average molecular weight is 213 g/mol. The number of aromatic nitrogens is 2. The van der Waals surface area contributed by atoms with Crippen LogP contribution >= 0.6 is 0 Å². The molecular formula is C9H15N3O3. The molecule has 1 heterocycles. The van der Waals surface area contributed by atoms with E-state index in [1.807, 2.05) is 6.92 Å². The van der Waals surface area contributed by atoms with Gasteiger partial charge in [-0.1, -0.05) is 12.1 Å². The summed E-state index contributed by atoms with van der Waals surface area (Å²) < 4.78 is 4.68. The molecule has 0 fully saturated rings. The molecule has 0 aliphatic carbocycles. The van der Waals surface area contributed by atoms with Gasteiger partial charge in [-0.3, -0.25) is 4.79 Å². The van der Waals surface area contributed by atoms with Crippen molar-refractivity contribution < 1.29 is 14.4 Å². The van der Waals surface area contributed by atoms with Gasteiger partial charge in [-0.2, -0.15) is 4.98 Å². The molecule has 0 aliphatic heterocycles. The van der Waals surface area contributed by atoms with Crippen LogP contribution in [0, 0.1) is 6.92 Å². The van der Waals surface area contributed by atoms with E-state index in [2.05, 4.69) is 20.0 Å². The Kier molecular flexibility index (Phi) is 3.41. The van der Waals surface area contributed by atoms with Crippen molar-refractivity contribution in [2.24, 2.45) is 0 Å². The SMILES string of the molecule is CCC(C)(CO)NC(=O)c1noc(C)n1. The third-order valence-corrected chi connectivity index (χ3v) is 2.28. The second-order valence-electron chi connectivity index (χ2n) is 3.66. The predicted octanol–water partition coefficient (Wildman–Crippen LogP) is 0.269. The van der Waals surface area contributed by atoms with E-state index in [4.69, 9.17) is 5.11 Å². The minimum Gasteiger partial charge on any atom is -0.394 e. The van der Waals surface area contributed by atoms with Crippen LogP contribution in [-0.4, -0.2) is 33.3 Å². The van der Waals surface area contributed by atoms with E-state index in [9.17, 15) is 4.79 Å². The molecule has 0 radical (unpaired) electrons. The summed E-state index contributed by atoms with van der Waals surface area (Å²) in [5.74, 6) is -0.117. The van der Waals surface area contributed by atoms with Crippen molar-refractivity contribution in [3.05, 3.63) is 11.7 Å². The van der Waals surface area contributed by atoms with Crippen molar-refractivity contribution in [2.45, 2.75) is 32.7 Å². The molecule has 1 aromatic heterocycles. The number of carbonyl (C=O) groups is 1. The molecular weight excluding hydrogens is 198 g/mol. The molecule has 0 aliphatic rings. The molecule has 84 valence electrons. The van der Waals surface area contributed by atoms with Crippen LogP contribution in [0.1, 0.15) is 36.8 Å². The Labute approximate surface area is 87.7 Å². The maximum atomic E-state index is 11.6. The van der Waals surface area contributed by atoms with Crippen LogP contribution in [0.15, 0.2) is 4.52 Å². The minimum atomic E-state index is -0.647. The Morgan fingerprint density at radius 1 is 1.67 bits per heavy atom. The topological polar surface area (TPSA) is 88.2 Å². The van der Waals surface area contributed by atoms with Crippen LogP contribution in [0.25, 0.3) is 0 Å². The van der Waals surface area contributed by atoms with Crippen LogP contribution in [-0.2, 0) is 0 Å². The van der Waals surface area contributed by atoms with Crippen molar-refractivity contribution in [3.8, 4) is 0 Å². The second kappa shape index (κ2) is 4.39. The number of aryl methyl sites for hydroxylation is 1. The van der Waals surface area contributed by atoms with Gasteiger partial charge in [0.05, 0.1) is 12.1 Å². The van der Waals surface area contributed by atoms with Crippen LogP contribution in [0.4, 0.5) is 0 Å². The molecule has 0 saturated heterocycles. The summed E-state index contributed by atoms with van der Waals surface area (Å²) in [5.41, 5.74) is -0.647. The molecule has 15 heavy (non-hydrogen) atoms. The zero-order chi connectivity index (χ0) is 11.5. The molecule has 1 aromatic rings. The van der Waals surface area contributed by atoms with Crippen LogP contribution in [0.3, 0.4) is 0 Å². The summed E-state index contributed by atoms with van der Waals surface area (Å²) in [6, 6.07) is 0. The van der Waals surface area contributed by atoms with E-state index >= 15 is 0 Å². The number of hydrogen-bond acceptors (Lipinski definition) is 5. The van der Waals surface area contributed by atoms with E-state index < -0.39 is 11.4 Å². The Hall–Kier alpha value is -1.43. The first-order chi connectivity index (χ1) is 7.00. The van der Waals surface area contributed by atoms with E-state index in [1.165, 1.54) is 0 Å². The number of rotatable bonds is 4. The molecule has 0 spiro atoms. The monoisotopic (exact) mass is 213 g/mol. The molecule has 0 saturated carbocycles. The van der Waals surface area contributed by atoms with Crippen LogP contribution in [0.5, 0.6) is 0 Å². The quantitative estimate of drug-likeness (QED) is 0.749. The summed E-state index contributed by atoms with van der Waals surface area (Å²) in [4.78, 5) is 15.4. The third-order valence-electron chi connectivity index (χ3n) is 2.28.